The van der Waals surface area contributed by atoms with E-state index in [2.05, 4.69) is 56.1 Å². The molecule has 0 saturated carbocycles. The van der Waals surface area contributed by atoms with Crippen LogP contribution in [0.3, 0.4) is 0 Å². The molecule has 0 aliphatic rings. The molecule has 5 nitrogen and oxygen atoms in total. The number of nitrogens with zero attached hydrogens (tertiary/aromatic N) is 2. The van der Waals surface area contributed by atoms with Crippen LogP contribution in [0.5, 0.6) is 17.2 Å². The number of aryl methyl sites for hydroxylation is 2. The zero-order valence-electron chi connectivity index (χ0n) is 20.2. The van der Waals surface area contributed by atoms with Crippen molar-refractivity contribution >= 4 is 0 Å². The van der Waals surface area contributed by atoms with E-state index in [0.29, 0.717) is 18.4 Å². The average Bonchev–Trinajstić information content (AvgIpc) is 3.19. The Hall–Kier alpha value is -2.95. The average molecular weight is 437 g/mol. The Morgan fingerprint density at radius 1 is 0.844 bits per heavy atom. The van der Waals surface area contributed by atoms with Gasteiger partial charge in [0, 0.05) is 6.20 Å². The van der Waals surface area contributed by atoms with Gasteiger partial charge in [-0.1, -0.05) is 32.0 Å². The van der Waals surface area contributed by atoms with Crippen molar-refractivity contribution in [2.24, 2.45) is 11.8 Å². The Kier molecular flexibility index (Phi) is 8.20. The van der Waals surface area contributed by atoms with Crippen LogP contribution in [0.25, 0.3) is 0 Å². The largest absolute Gasteiger partial charge is 0.496 e. The van der Waals surface area contributed by atoms with Gasteiger partial charge in [0.25, 0.3) is 0 Å². The van der Waals surface area contributed by atoms with Crippen LogP contribution < -0.4 is 14.2 Å². The third-order valence-electron chi connectivity index (χ3n) is 6.14. The molecule has 0 bridgehead atoms. The monoisotopic (exact) mass is 436 g/mol. The molecule has 0 N–H and O–H groups in total. The van der Waals surface area contributed by atoms with Gasteiger partial charge < -0.3 is 18.8 Å². The normalized spacial score (nSPS) is 12.9. The molecule has 172 valence electrons. The Balaban J connectivity index is 1.60. The van der Waals surface area contributed by atoms with Crippen LogP contribution in [0.15, 0.2) is 48.9 Å². The molecule has 1 heterocycles. The summed E-state index contributed by atoms with van der Waals surface area (Å²) in [5.74, 6) is 3.60. The van der Waals surface area contributed by atoms with Crippen LogP contribution >= 0.6 is 0 Å². The zero-order valence-corrected chi connectivity index (χ0v) is 20.2. The van der Waals surface area contributed by atoms with E-state index in [1.165, 1.54) is 16.7 Å². The summed E-state index contributed by atoms with van der Waals surface area (Å²) in [5, 5.41) is 0. The van der Waals surface area contributed by atoms with Crippen molar-refractivity contribution in [3.63, 3.8) is 0 Å². The molecular formula is C27H36N2O3. The molecule has 0 unspecified atom stereocenters. The maximum atomic E-state index is 6.07. The minimum atomic E-state index is 0.535. The standard InChI is InChI=1S/C27H36N2O3/c1-19(13-23-7-9-25(30-5)21(3)15-23)20(2)14-24-8-10-26(31-6)27(16-24)32-12-11-29-17-22(4)28-18-29/h7-10,15-20H,11-14H2,1-6H3/t19-,20+/m1/s1. The van der Waals surface area contributed by atoms with Crippen LogP contribution in [-0.4, -0.2) is 30.4 Å². The van der Waals surface area contributed by atoms with E-state index in [1.54, 1.807) is 14.2 Å². The maximum Gasteiger partial charge on any atom is 0.161 e. The SMILES string of the molecule is COc1ccc(C[C@@H](C)[C@@H](C)Cc2ccc(OC)c(OCCn3cnc(C)c3)c2)cc1C. The summed E-state index contributed by atoms with van der Waals surface area (Å²) in [6.45, 7) is 10.1. The lowest BCUT2D eigenvalue weighted by Gasteiger charge is -2.21. The Morgan fingerprint density at radius 2 is 1.47 bits per heavy atom. The molecule has 0 aliphatic carbocycles. The molecule has 3 rings (SSSR count). The molecule has 0 amide bonds. The fourth-order valence-corrected chi connectivity index (χ4v) is 4.03. The summed E-state index contributed by atoms with van der Waals surface area (Å²) in [5.41, 5.74) is 4.82. The van der Waals surface area contributed by atoms with Gasteiger partial charge in [0.1, 0.15) is 12.4 Å². The number of imidazole rings is 1. The molecule has 0 aliphatic heterocycles. The number of ether oxygens (including phenoxy) is 3. The topological polar surface area (TPSA) is 45.5 Å². The van der Waals surface area contributed by atoms with Crippen molar-refractivity contribution in [1.29, 1.82) is 0 Å². The van der Waals surface area contributed by atoms with E-state index < -0.39 is 0 Å². The molecule has 3 aromatic rings. The van der Waals surface area contributed by atoms with Crippen LogP contribution in [0.4, 0.5) is 0 Å². The van der Waals surface area contributed by atoms with Crippen LogP contribution in [0.2, 0.25) is 0 Å². The van der Waals surface area contributed by atoms with Gasteiger partial charge >= 0.3 is 0 Å². The highest BCUT2D eigenvalue weighted by molar-refractivity contribution is 5.43. The smallest absolute Gasteiger partial charge is 0.161 e. The Labute approximate surface area is 192 Å². The molecule has 0 saturated heterocycles. The van der Waals surface area contributed by atoms with E-state index in [0.717, 1.165) is 42.3 Å². The first-order chi connectivity index (χ1) is 15.4. The molecule has 0 radical (unpaired) electrons. The lowest BCUT2D eigenvalue weighted by molar-refractivity contribution is 0.279. The van der Waals surface area contributed by atoms with Crippen molar-refractivity contribution < 1.29 is 14.2 Å². The molecule has 1 aromatic heterocycles. The van der Waals surface area contributed by atoms with Gasteiger partial charge in [0.05, 0.1) is 32.8 Å². The molecule has 32 heavy (non-hydrogen) atoms. The fraction of sp³-hybridized carbons (Fsp3) is 0.444. The highest BCUT2D eigenvalue weighted by atomic mass is 16.5. The van der Waals surface area contributed by atoms with Crippen LogP contribution in [0.1, 0.15) is 36.2 Å². The quantitative estimate of drug-likeness (QED) is 0.389. The van der Waals surface area contributed by atoms with E-state index in [9.17, 15) is 0 Å². The van der Waals surface area contributed by atoms with Crippen LogP contribution in [0, 0.1) is 25.7 Å². The van der Waals surface area contributed by atoms with Crippen molar-refractivity contribution in [1.82, 2.24) is 9.55 Å². The van der Waals surface area contributed by atoms with E-state index >= 15 is 0 Å². The minimum absolute atomic E-state index is 0.535. The maximum absolute atomic E-state index is 6.07. The number of methoxy groups -OCH3 is 2. The van der Waals surface area contributed by atoms with Gasteiger partial charge in [-0.25, -0.2) is 4.98 Å². The van der Waals surface area contributed by atoms with Gasteiger partial charge in [-0.05, 0) is 73.4 Å². The second kappa shape index (κ2) is 11.1. The van der Waals surface area contributed by atoms with Crippen molar-refractivity contribution in [2.75, 3.05) is 20.8 Å². The third-order valence-corrected chi connectivity index (χ3v) is 6.14. The van der Waals surface area contributed by atoms with Gasteiger partial charge in [-0.3, -0.25) is 0 Å². The highest BCUT2D eigenvalue weighted by Crippen LogP contribution is 2.31. The fourth-order valence-electron chi connectivity index (χ4n) is 4.03. The van der Waals surface area contributed by atoms with Crippen LogP contribution in [-0.2, 0) is 19.4 Å². The number of rotatable bonds is 11. The number of hydrogen-bond acceptors (Lipinski definition) is 4. The van der Waals surface area contributed by atoms with Crippen molar-refractivity contribution in [3.8, 4) is 17.2 Å². The summed E-state index contributed by atoms with van der Waals surface area (Å²) in [6, 6.07) is 12.8. The molecule has 0 spiro atoms. The lowest BCUT2D eigenvalue weighted by Crippen LogP contribution is -2.14. The van der Waals surface area contributed by atoms with E-state index in [-0.39, 0.29) is 0 Å². The third kappa shape index (κ3) is 6.28. The van der Waals surface area contributed by atoms with Gasteiger partial charge in [-0.2, -0.15) is 0 Å². The number of hydrogen-bond donors (Lipinski definition) is 0. The first-order valence-electron chi connectivity index (χ1n) is 11.3. The van der Waals surface area contributed by atoms with Crippen molar-refractivity contribution in [2.45, 2.75) is 47.1 Å². The molecular weight excluding hydrogens is 400 g/mol. The summed E-state index contributed by atoms with van der Waals surface area (Å²) in [6.07, 6.45) is 5.90. The minimum Gasteiger partial charge on any atom is -0.496 e. The molecule has 2 atom stereocenters. The lowest BCUT2D eigenvalue weighted by atomic mass is 9.85. The second-order valence-corrected chi connectivity index (χ2v) is 8.75. The molecule has 5 heteroatoms. The number of aromatic nitrogens is 2. The Bertz CT molecular complexity index is 1010. The zero-order chi connectivity index (χ0) is 23.1. The highest BCUT2D eigenvalue weighted by Gasteiger charge is 2.16. The van der Waals surface area contributed by atoms with Gasteiger partial charge in [0.15, 0.2) is 11.5 Å². The van der Waals surface area contributed by atoms with Gasteiger partial charge in [0.2, 0.25) is 0 Å². The second-order valence-electron chi connectivity index (χ2n) is 8.75. The molecule has 2 aromatic carbocycles. The van der Waals surface area contributed by atoms with Crippen molar-refractivity contribution in [3.05, 3.63) is 71.3 Å². The van der Waals surface area contributed by atoms with E-state index in [1.807, 2.05) is 30.1 Å². The summed E-state index contributed by atoms with van der Waals surface area (Å²) in [4.78, 5) is 4.26. The summed E-state index contributed by atoms with van der Waals surface area (Å²) in [7, 11) is 3.40. The first-order valence-corrected chi connectivity index (χ1v) is 11.3. The Morgan fingerprint density at radius 3 is 2.03 bits per heavy atom. The van der Waals surface area contributed by atoms with E-state index in [4.69, 9.17) is 14.2 Å². The first kappa shape index (κ1) is 23.7. The number of benzene rings is 2. The van der Waals surface area contributed by atoms with Gasteiger partial charge in [-0.15, -0.1) is 0 Å². The summed E-state index contributed by atoms with van der Waals surface area (Å²) >= 11 is 0. The predicted octanol–water partition coefficient (Wildman–Crippen LogP) is 5.65. The molecule has 0 fully saturated rings. The summed E-state index contributed by atoms with van der Waals surface area (Å²) < 4.78 is 19.0. The predicted molar refractivity (Wildman–Crippen MR) is 129 cm³/mol.